The van der Waals surface area contributed by atoms with Gasteiger partial charge in [-0.2, -0.15) is 0 Å². The van der Waals surface area contributed by atoms with Gasteiger partial charge in [-0.1, -0.05) is 18.2 Å². The Hall–Kier alpha value is -2.54. The third-order valence-corrected chi connectivity index (χ3v) is 4.86. The lowest BCUT2D eigenvalue weighted by atomic mass is 10.0. The van der Waals surface area contributed by atoms with Crippen molar-refractivity contribution in [3.63, 3.8) is 0 Å². The minimum Gasteiger partial charge on any atom is -0.319 e. The summed E-state index contributed by atoms with van der Waals surface area (Å²) >= 11 is 1.34. The van der Waals surface area contributed by atoms with E-state index in [9.17, 15) is 18.8 Å². The summed E-state index contributed by atoms with van der Waals surface area (Å²) in [5.41, 5.74) is -1.33. The molecule has 1 aromatic heterocycles. The molecule has 1 aliphatic rings. The second-order valence-electron chi connectivity index (χ2n) is 5.33. The lowest BCUT2D eigenvalue weighted by Gasteiger charge is -2.19. The van der Waals surface area contributed by atoms with Gasteiger partial charge in [0.2, 0.25) is 0 Å². The Morgan fingerprint density at radius 3 is 2.65 bits per heavy atom. The number of thiophene rings is 1. The van der Waals surface area contributed by atoms with Crippen molar-refractivity contribution in [1.82, 2.24) is 10.2 Å². The van der Waals surface area contributed by atoms with Crippen LogP contribution in [-0.4, -0.2) is 29.2 Å². The van der Waals surface area contributed by atoms with Crippen LogP contribution in [0.4, 0.5) is 9.18 Å². The Morgan fingerprint density at radius 2 is 2.00 bits per heavy atom. The first kappa shape index (κ1) is 15.4. The second kappa shape index (κ2) is 5.58. The molecule has 5 nitrogen and oxygen atoms in total. The average molecular weight is 332 g/mol. The van der Waals surface area contributed by atoms with Gasteiger partial charge in [-0.15, -0.1) is 11.3 Å². The average Bonchev–Trinajstić information content (AvgIpc) is 3.12. The molecule has 1 atom stereocenters. The van der Waals surface area contributed by atoms with E-state index in [1.807, 2.05) is 0 Å². The molecule has 1 aromatic carbocycles. The Labute approximate surface area is 135 Å². The molecule has 0 unspecified atom stereocenters. The fourth-order valence-corrected chi connectivity index (χ4v) is 3.32. The lowest BCUT2D eigenvalue weighted by Crippen LogP contribution is -2.40. The first-order valence-electron chi connectivity index (χ1n) is 6.89. The van der Waals surface area contributed by atoms with E-state index < -0.39 is 35.6 Å². The number of imide groups is 1. The maximum absolute atomic E-state index is 13.7. The third kappa shape index (κ3) is 2.53. The highest BCUT2D eigenvalue weighted by molar-refractivity contribution is 7.10. The van der Waals surface area contributed by atoms with Crippen LogP contribution in [0.15, 0.2) is 41.8 Å². The first-order valence-corrected chi connectivity index (χ1v) is 7.77. The van der Waals surface area contributed by atoms with Crippen molar-refractivity contribution in [2.24, 2.45) is 0 Å². The zero-order chi connectivity index (χ0) is 16.6. The number of benzene rings is 1. The van der Waals surface area contributed by atoms with Crippen molar-refractivity contribution in [1.29, 1.82) is 0 Å². The normalized spacial score (nSPS) is 20.7. The molecular formula is C16H13FN2O3S. The number of hydrogen-bond acceptors (Lipinski definition) is 4. The molecular weight excluding hydrogens is 319 g/mol. The minimum absolute atomic E-state index is 0.141. The van der Waals surface area contributed by atoms with Gasteiger partial charge in [0.05, 0.1) is 12.1 Å². The minimum atomic E-state index is -1.19. The number of nitrogens with zero attached hydrogens (tertiary/aromatic N) is 1. The van der Waals surface area contributed by atoms with Gasteiger partial charge < -0.3 is 5.32 Å². The highest BCUT2D eigenvalue weighted by Gasteiger charge is 2.50. The van der Waals surface area contributed by atoms with Crippen LogP contribution in [0.1, 0.15) is 22.2 Å². The summed E-state index contributed by atoms with van der Waals surface area (Å²) in [5.74, 6) is -1.82. The van der Waals surface area contributed by atoms with Gasteiger partial charge in [-0.05, 0) is 30.5 Å². The number of rotatable bonds is 4. The largest absolute Gasteiger partial charge is 0.325 e. The number of amides is 3. The Morgan fingerprint density at radius 1 is 1.26 bits per heavy atom. The Bertz CT molecular complexity index is 790. The van der Waals surface area contributed by atoms with E-state index in [2.05, 4.69) is 5.32 Å². The monoisotopic (exact) mass is 332 g/mol. The van der Waals surface area contributed by atoms with Gasteiger partial charge in [0.1, 0.15) is 5.82 Å². The predicted octanol–water partition coefficient (Wildman–Crippen LogP) is 2.54. The predicted molar refractivity (Wildman–Crippen MR) is 82.6 cm³/mol. The second-order valence-corrected chi connectivity index (χ2v) is 6.27. The van der Waals surface area contributed by atoms with Crippen molar-refractivity contribution in [2.45, 2.75) is 12.5 Å². The van der Waals surface area contributed by atoms with Gasteiger partial charge in [0.15, 0.2) is 11.3 Å². The molecule has 1 saturated heterocycles. The molecule has 0 bridgehead atoms. The summed E-state index contributed by atoms with van der Waals surface area (Å²) < 4.78 is 13.7. The fourth-order valence-electron chi connectivity index (χ4n) is 2.49. The van der Waals surface area contributed by atoms with Crippen LogP contribution >= 0.6 is 11.3 Å². The third-order valence-electron chi connectivity index (χ3n) is 3.76. The fraction of sp³-hybridized carbons (Fsp3) is 0.188. The van der Waals surface area contributed by atoms with Gasteiger partial charge in [0.25, 0.3) is 5.91 Å². The lowest BCUT2D eigenvalue weighted by molar-refractivity contribution is -0.130. The number of carbonyl (C=O) groups excluding carboxylic acids is 3. The van der Waals surface area contributed by atoms with Crippen molar-refractivity contribution < 1.29 is 18.8 Å². The van der Waals surface area contributed by atoms with Crippen molar-refractivity contribution >= 4 is 29.1 Å². The van der Waals surface area contributed by atoms with Crippen LogP contribution < -0.4 is 5.32 Å². The number of halogens is 1. The Balaban J connectivity index is 1.84. The van der Waals surface area contributed by atoms with E-state index in [1.165, 1.54) is 29.5 Å². The van der Waals surface area contributed by atoms with E-state index in [1.54, 1.807) is 24.4 Å². The zero-order valence-electron chi connectivity index (χ0n) is 12.2. The van der Waals surface area contributed by atoms with E-state index in [4.69, 9.17) is 0 Å². The molecule has 2 aromatic rings. The zero-order valence-corrected chi connectivity index (χ0v) is 13.0. The van der Waals surface area contributed by atoms with E-state index >= 15 is 0 Å². The van der Waals surface area contributed by atoms with Crippen LogP contribution in [0.25, 0.3) is 0 Å². The highest BCUT2D eigenvalue weighted by atomic mass is 32.1. The molecule has 0 aliphatic carbocycles. The summed E-state index contributed by atoms with van der Waals surface area (Å²) in [7, 11) is 0. The molecule has 23 heavy (non-hydrogen) atoms. The van der Waals surface area contributed by atoms with E-state index in [0.717, 1.165) is 11.0 Å². The van der Waals surface area contributed by atoms with Crippen LogP contribution in [0, 0.1) is 5.82 Å². The van der Waals surface area contributed by atoms with Crippen LogP contribution in [0.5, 0.6) is 0 Å². The van der Waals surface area contributed by atoms with Crippen LogP contribution in [-0.2, 0) is 10.3 Å². The molecule has 118 valence electrons. The number of carbonyl (C=O) groups is 3. The quantitative estimate of drug-likeness (QED) is 0.691. The van der Waals surface area contributed by atoms with Crippen LogP contribution in [0.2, 0.25) is 0 Å². The van der Waals surface area contributed by atoms with E-state index in [-0.39, 0.29) is 5.56 Å². The molecule has 0 spiro atoms. The maximum Gasteiger partial charge on any atom is 0.325 e. The van der Waals surface area contributed by atoms with Crippen molar-refractivity contribution in [2.75, 3.05) is 6.54 Å². The summed E-state index contributed by atoms with van der Waals surface area (Å²) in [5, 5.41) is 4.40. The van der Waals surface area contributed by atoms with Crippen molar-refractivity contribution in [3.8, 4) is 0 Å². The maximum atomic E-state index is 13.7. The molecule has 0 saturated carbocycles. The smallest absolute Gasteiger partial charge is 0.319 e. The van der Waals surface area contributed by atoms with E-state index in [0.29, 0.717) is 4.88 Å². The molecule has 1 N–H and O–H groups in total. The summed E-state index contributed by atoms with van der Waals surface area (Å²) in [6, 6.07) is 8.34. The van der Waals surface area contributed by atoms with Gasteiger partial charge in [0, 0.05) is 4.88 Å². The van der Waals surface area contributed by atoms with Crippen LogP contribution in [0.3, 0.4) is 0 Å². The number of hydrogen-bond donors (Lipinski definition) is 1. The number of ketones is 1. The van der Waals surface area contributed by atoms with Gasteiger partial charge >= 0.3 is 6.03 Å². The SMILES string of the molecule is C[C@@]1(c2cccs2)NC(=O)N(CC(=O)c2ccccc2F)C1=O. The molecule has 3 rings (SSSR count). The number of Topliss-reactive ketones (excluding diaryl/α,β-unsaturated/α-hetero) is 1. The standard InChI is InChI=1S/C16H13FN2O3S/c1-16(13-7-4-8-23-13)14(21)19(15(22)18-16)9-12(20)10-5-2-3-6-11(10)17/h2-8H,9H2,1H3,(H,18,22)/t16-/m0/s1. The molecule has 1 fully saturated rings. The number of urea groups is 1. The highest BCUT2D eigenvalue weighted by Crippen LogP contribution is 2.31. The molecule has 0 radical (unpaired) electrons. The van der Waals surface area contributed by atoms with Gasteiger partial charge in [-0.25, -0.2) is 9.18 Å². The molecule has 7 heteroatoms. The molecule has 3 amide bonds. The van der Waals surface area contributed by atoms with Crippen molar-refractivity contribution in [3.05, 3.63) is 58.0 Å². The summed E-state index contributed by atoms with van der Waals surface area (Å²) in [6.45, 7) is 1.10. The first-order chi connectivity index (χ1) is 10.9. The van der Waals surface area contributed by atoms with Gasteiger partial charge in [-0.3, -0.25) is 14.5 Å². The topological polar surface area (TPSA) is 66.5 Å². The summed E-state index contributed by atoms with van der Waals surface area (Å²) in [6.07, 6.45) is 0. The molecule has 1 aliphatic heterocycles. The summed E-state index contributed by atoms with van der Waals surface area (Å²) in [4.78, 5) is 38.4. The number of nitrogens with one attached hydrogen (secondary N) is 1. The Kier molecular flexibility index (Phi) is 3.73. The molecule has 2 heterocycles.